The van der Waals surface area contributed by atoms with Crippen molar-refractivity contribution in [1.29, 1.82) is 0 Å². The minimum atomic E-state index is -1.29. The first kappa shape index (κ1) is 20.1. The Bertz CT molecular complexity index is 235. The SMILES string of the molecule is CCCCOCCOCCOCCOC(C)COC(=O)O. The fourth-order valence-corrected chi connectivity index (χ4v) is 1.33. The van der Waals surface area contributed by atoms with Crippen molar-refractivity contribution in [3.05, 3.63) is 0 Å². The second-order valence-electron chi connectivity index (χ2n) is 4.45. The molecule has 1 unspecified atom stereocenters. The summed E-state index contributed by atoms with van der Waals surface area (Å²) in [4.78, 5) is 10.2. The maximum absolute atomic E-state index is 10.2. The Hall–Kier alpha value is -0.890. The number of rotatable bonds is 15. The van der Waals surface area contributed by atoms with Crippen molar-refractivity contribution in [2.45, 2.75) is 32.8 Å². The molecule has 0 bridgehead atoms. The van der Waals surface area contributed by atoms with Gasteiger partial charge in [0.15, 0.2) is 0 Å². The van der Waals surface area contributed by atoms with Crippen LogP contribution >= 0.6 is 0 Å². The lowest BCUT2D eigenvalue weighted by Gasteiger charge is -2.12. The zero-order valence-electron chi connectivity index (χ0n) is 13.0. The van der Waals surface area contributed by atoms with Crippen molar-refractivity contribution in [2.24, 2.45) is 0 Å². The Morgan fingerprint density at radius 2 is 1.48 bits per heavy atom. The quantitative estimate of drug-likeness (QED) is 0.365. The van der Waals surface area contributed by atoms with Gasteiger partial charge in [0, 0.05) is 6.61 Å². The van der Waals surface area contributed by atoms with Crippen molar-refractivity contribution in [1.82, 2.24) is 0 Å². The maximum atomic E-state index is 10.2. The van der Waals surface area contributed by atoms with Crippen LogP contribution in [0.2, 0.25) is 0 Å². The highest BCUT2D eigenvalue weighted by molar-refractivity contribution is 5.56. The van der Waals surface area contributed by atoms with E-state index in [1.807, 2.05) is 0 Å². The van der Waals surface area contributed by atoms with Crippen LogP contribution in [0.15, 0.2) is 0 Å². The van der Waals surface area contributed by atoms with E-state index >= 15 is 0 Å². The van der Waals surface area contributed by atoms with Crippen molar-refractivity contribution in [3.8, 4) is 0 Å². The van der Waals surface area contributed by atoms with Crippen molar-refractivity contribution >= 4 is 6.16 Å². The summed E-state index contributed by atoms with van der Waals surface area (Å²) in [5.74, 6) is 0. The third-order valence-electron chi connectivity index (χ3n) is 2.46. The van der Waals surface area contributed by atoms with E-state index in [4.69, 9.17) is 24.1 Å². The molecule has 0 aromatic carbocycles. The topological polar surface area (TPSA) is 83.5 Å². The summed E-state index contributed by atoms with van der Waals surface area (Å²) in [6, 6.07) is 0. The van der Waals surface area contributed by atoms with E-state index in [0.29, 0.717) is 39.6 Å². The van der Waals surface area contributed by atoms with Crippen LogP contribution < -0.4 is 0 Å². The van der Waals surface area contributed by atoms with Crippen LogP contribution in [0.25, 0.3) is 0 Å². The van der Waals surface area contributed by atoms with Gasteiger partial charge in [-0.1, -0.05) is 13.3 Å². The highest BCUT2D eigenvalue weighted by Crippen LogP contribution is 1.93. The van der Waals surface area contributed by atoms with Crippen LogP contribution in [0.5, 0.6) is 0 Å². The second-order valence-corrected chi connectivity index (χ2v) is 4.45. The second kappa shape index (κ2) is 15.5. The van der Waals surface area contributed by atoms with Gasteiger partial charge >= 0.3 is 6.16 Å². The van der Waals surface area contributed by atoms with Crippen LogP contribution in [0, 0.1) is 0 Å². The molecule has 0 aliphatic rings. The van der Waals surface area contributed by atoms with Gasteiger partial charge in [0.2, 0.25) is 0 Å². The first-order chi connectivity index (χ1) is 10.2. The number of carbonyl (C=O) groups is 1. The fraction of sp³-hybridized carbons (Fsp3) is 0.929. The average Bonchev–Trinajstić information content (AvgIpc) is 2.46. The van der Waals surface area contributed by atoms with Gasteiger partial charge in [-0.2, -0.15) is 0 Å². The molecule has 21 heavy (non-hydrogen) atoms. The predicted molar refractivity (Wildman–Crippen MR) is 76.8 cm³/mol. The van der Waals surface area contributed by atoms with Gasteiger partial charge in [0.25, 0.3) is 0 Å². The lowest BCUT2D eigenvalue weighted by Crippen LogP contribution is -2.20. The van der Waals surface area contributed by atoms with Gasteiger partial charge in [-0.25, -0.2) is 4.79 Å². The Labute approximate surface area is 126 Å². The Morgan fingerprint density at radius 1 is 0.952 bits per heavy atom. The molecule has 0 rings (SSSR count). The summed E-state index contributed by atoms with van der Waals surface area (Å²) in [5, 5.41) is 8.31. The molecule has 0 heterocycles. The molecule has 0 aromatic heterocycles. The summed E-state index contributed by atoms with van der Waals surface area (Å²) in [7, 11) is 0. The summed E-state index contributed by atoms with van der Waals surface area (Å²) >= 11 is 0. The summed E-state index contributed by atoms with van der Waals surface area (Å²) in [5.41, 5.74) is 0. The molecule has 0 aliphatic heterocycles. The van der Waals surface area contributed by atoms with E-state index in [9.17, 15) is 4.79 Å². The van der Waals surface area contributed by atoms with E-state index in [-0.39, 0.29) is 12.7 Å². The lowest BCUT2D eigenvalue weighted by molar-refractivity contribution is -0.0333. The van der Waals surface area contributed by atoms with E-state index < -0.39 is 6.16 Å². The van der Waals surface area contributed by atoms with Gasteiger partial charge in [0.1, 0.15) is 6.61 Å². The lowest BCUT2D eigenvalue weighted by atomic mass is 10.4. The minimum Gasteiger partial charge on any atom is -0.450 e. The molecule has 0 radical (unpaired) electrons. The number of carboxylic acid groups (broad SMARTS) is 1. The molecule has 0 aromatic rings. The van der Waals surface area contributed by atoms with Gasteiger partial charge < -0.3 is 28.8 Å². The zero-order chi connectivity index (χ0) is 15.8. The first-order valence-electron chi connectivity index (χ1n) is 7.37. The molecule has 126 valence electrons. The average molecular weight is 308 g/mol. The third-order valence-corrected chi connectivity index (χ3v) is 2.46. The molecular formula is C14H28O7. The number of unbranched alkanes of at least 4 members (excludes halogenated alkanes) is 1. The van der Waals surface area contributed by atoms with Gasteiger partial charge in [-0.15, -0.1) is 0 Å². The monoisotopic (exact) mass is 308 g/mol. The molecule has 0 spiro atoms. The van der Waals surface area contributed by atoms with Crippen LogP contribution in [0.1, 0.15) is 26.7 Å². The van der Waals surface area contributed by atoms with E-state index in [2.05, 4.69) is 11.7 Å². The fourth-order valence-electron chi connectivity index (χ4n) is 1.33. The third kappa shape index (κ3) is 17.1. The number of hydrogen-bond donors (Lipinski definition) is 1. The van der Waals surface area contributed by atoms with E-state index in [1.165, 1.54) is 0 Å². The van der Waals surface area contributed by atoms with Crippen molar-refractivity contribution < 1.29 is 33.6 Å². The largest absolute Gasteiger partial charge is 0.505 e. The molecule has 7 nitrogen and oxygen atoms in total. The molecule has 0 aliphatic carbocycles. The molecule has 0 amide bonds. The van der Waals surface area contributed by atoms with Crippen LogP contribution in [-0.2, 0) is 23.7 Å². The Balaban J connectivity index is 3.10. The van der Waals surface area contributed by atoms with Gasteiger partial charge in [-0.3, -0.25) is 0 Å². The molecule has 1 atom stereocenters. The minimum absolute atomic E-state index is 0.0243. The van der Waals surface area contributed by atoms with Crippen LogP contribution in [0.3, 0.4) is 0 Å². The molecule has 0 saturated carbocycles. The van der Waals surface area contributed by atoms with Crippen molar-refractivity contribution in [3.63, 3.8) is 0 Å². The molecule has 0 saturated heterocycles. The smallest absolute Gasteiger partial charge is 0.450 e. The summed E-state index contributed by atoms with van der Waals surface area (Å²) in [6.45, 7) is 7.72. The molecule has 1 N–H and O–H groups in total. The molecule has 0 fully saturated rings. The number of hydrogen-bond acceptors (Lipinski definition) is 6. The van der Waals surface area contributed by atoms with E-state index in [0.717, 1.165) is 19.4 Å². The predicted octanol–water partition coefficient (Wildman–Crippen LogP) is 1.94. The van der Waals surface area contributed by atoms with Gasteiger partial charge in [-0.05, 0) is 13.3 Å². The number of ether oxygens (including phenoxy) is 5. The van der Waals surface area contributed by atoms with E-state index in [1.54, 1.807) is 6.92 Å². The summed E-state index contributed by atoms with van der Waals surface area (Å²) < 4.78 is 25.7. The zero-order valence-corrected chi connectivity index (χ0v) is 13.0. The molecular weight excluding hydrogens is 280 g/mol. The summed E-state index contributed by atoms with van der Waals surface area (Å²) in [6.07, 6.45) is 0.648. The normalized spacial score (nSPS) is 12.3. The Kier molecular flexibility index (Phi) is 14.8. The highest BCUT2D eigenvalue weighted by Gasteiger charge is 2.05. The standard InChI is InChI=1S/C14H28O7/c1-3-4-5-17-6-7-18-8-9-19-10-11-20-13(2)12-21-14(15)16/h13H,3-12H2,1-2H3,(H,15,16). The first-order valence-corrected chi connectivity index (χ1v) is 7.37. The van der Waals surface area contributed by atoms with Gasteiger partial charge in [0.05, 0.1) is 45.7 Å². The Morgan fingerprint density at radius 3 is 2.00 bits per heavy atom. The molecule has 7 heteroatoms. The van der Waals surface area contributed by atoms with Crippen molar-refractivity contribution in [2.75, 3.05) is 52.9 Å². The van der Waals surface area contributed by atoms with Crippen LogP contribution in [0.4, 0.5) is 4.79 Å². The maximum Gasteiger partial charge on any atom is 0.505 e. The van der Waals surface area contributed by atoms with Crippen LogP contribution in [-0.4, -0.2) is 70.2 Å². The highest BCUT2D eigenvalue weighted by atomic mass is 16.7.